The topological polar surface area (TPSA) is 23.8 Å². The maximum atomic E-state index is 12.5. The maximum Gasteiger partial charge on any atom is 0.335 e. The van der Waals surface area contributed by atoms with Crippen LogP contribution in [0.1, 0.15) is 6.42 Å². The van der Waals surface area contributed by atoms with Gasteiger partial charge in [-0.3, -0.25) is 0 Å². The van der Waals surface area contributed by atoms with Gasteiger partial charge < -0.3 is 0 Å². The highest BCUT2D eigenvalue weighted by Gasteiger charge is 2.41. The summed E-state index contributed by atoms with van der Waals surface area (Å²) in [5.41, 5.74) is 0. The van der Waals surface area contributed by atoms with Crippen LogP contribution in [0, 0.1) is 17.2 Å². The van der Waals surface area contributed by atoms with Crippen LogP contribution in [0.3, 0.4) is 0 Å². The van der Waals surface area contributed by atoms with Crippen LogP contribution in [0.4, 0.5) is 8.78 Å². The van der Waals surface area contributed by atoms with Crippen molar-refractivity contribution < 1.29 is 8.78 Å². The highest BCUT2D eigenvalue weighted by Crippen LogP contribution is 2.35. The van der Waals surface area contributed by atoms with E-state index in [0.29, 0.717) is 12.2 Å². The van der Waals surface area contributed by atoms with Gasteiger partial charge >= 0.3 is 5.92 Å². The minimum absolute atomic E-state index is 0.431. The summed E-state index contributed by atoms with van der Waals surface area (Å²) in [7, 11) is 0. The Hall–Kier alpha value is -0.300. The number of nitriles is 1. The number of halogens is 2. The Labute approximate surface area is 62.4 Å². The van der Waals surface area contributed by atoms with Crippen molar-refractivity contribution in [2.45, 2.75) is 12.3 Å². The molecule has 1 heterocycles. The lowest BCUT2D eigenvalue weighted by Gasteiger charge is -2.13. The van der Waals surface area contributed by atoms with Crippen LogP contribution in [-0.4, -0.2) is 17.4 Å². The predicted octanol–water partition coefficient (Wildman–Crippen LogP) is 1.90. The highest BCUT2D eigenvalue weighted by atomic mass is 32.2. The van der Waals surface area contributed by atoms with Gasteiger partial charge in [0.2, 0.25) is 0 Å². The van der Waals surface area contributed by atoms with Crippen molar-refractivity contribution in [2.75, 3.05) is 11.5 Å². The number of thioether (sulfide) groups is 1. The molecule has 1 unspecified atom stereocenters. The van der Waals surface area contributed by atoms with Crippen LogP contribution in [0.15, 0.2) is 0 Å². The van der Waals surface area contributed by atoms with Gasteiger partial charge in [0, 0.05) is 11.7 Å². The largest absolute Gasteiger partial charge is 0.335 e. The van der Waals surface area contributed by atoms with E-state index in [2.05, 4.69) is 0 Å². The molecule has 1 aliphatic rings. The molecule has 0 aromatic carbocycles. The van der Waals surface area contributed by atoms with Crippen molar-refractivity contribution in [2.24, 2.45) is 5.92 Å². The zero-order valence-corrected chi connectivity index (χ0v) is 6.13. The Bertz CT molecular complexity index is 158. The zero-order chi connectivity index (χ0) is 7.61. The van der Waals surface area contributed by atoms with Gasteiger partial charge in [-0.2, -0.15) is 25.8 Å². The summed E-state index contributed by atoms with van der Waals surface area (Å²) >= 11 is 1.49. The van der Waals surface area contributed by atoms with Gasteiger partial charge in [0.1, 0.15) is 6.07 Å². The molecule has 56 valence electrons. The molecule has 1 nitrogen and oxygen atoms in total. The van der Waals surface area contributed by atoms with Crippen LogP contribution in [0.2, 0.25) is 0 Å². The third kappa shape index (κ3) is 1.40. The van der Waals surface area contributed by atoms with E-state index in [1.807, 2.05) is 0 Å². The summed E-state index contributed by atoms with van der Waals surface area (Å²) in [6.45, 7) is 0. The third-order valence-electron chi connectivity index (χ3n) is 1.59. The van der Waals surface area contributed by atoms with Crippen molar-refractivity contribution in [3.63, 3.8) is 0 Å². The lowest BCUT2D eigenvalue weighted by molar-refractivity contribution is 0.0102. The second kappa shape index (κ2) is 2.75. The Morgan fingerprint density at radius 1 is 1.60 bits per heavy atom. The molecule has 0 amide bonds. The third-order valence-corrected chi connectivity index (χ3v) is 2.75. The van der Waals surface area contributed by atoms with Crippen molar-refractivity contribution >= 4 is 11.8 Å². The monoisotopic (exact) mass is 163 g/mol. The quantitative estimate of drug-likeness (QED) is 0.589. The summed E-state index contributed by atoms with van der Waals surface area (Å²) in [6, 6.07) is 1.04. The molecule has 0 radical (unpaired) electrons. The molecule has 1 saturated heterocycles. The van der Waals surface area contributed by atoms with Crippen LogP contribution in [0.25, 0.3) is 0 Å². The first-order valence-corrected chi connectivity index (χ1v) is 4.19. The molecule has 1 aliphatic heterocycles. The normalized spacial score (nSPS) is 26.3. The summed E-state index contributed by atoms with van der Waals surface area (Å²) in [5, 5.41) is 8.05. The minimum atomic E-state index is -3.09. The minimum Gasteiger partial charge on any atom is -0.192 e. The number of alkyl halides is 2. The molecule has 0 bridgehead atoms. The molecule has 10 heavy (non-hydrogen) atoms. The van der Waals surface area contributed by atoms with Gasteiger partial charge in [0.05, 0.1) is 0 Å². The number of hydrogen-bond donors (Lipinski definition) is 0. The second-order valence-electron chi connectivity index (χ2n) is 2.30. The standard InChI is InChI=1S/C6H7F2NS/c7-6(8,4-9)5-1-2-10-3-5/h5H,1-3H2. The summed E-state index contributed by atoms with van der Waals surface area (Å²) in [5.74, 6) is -2.60. The Kier molecular flexibility index (Phi) is 2.14. The van der Waals surface area contributed by atoms with Crippen molar-refractivity contribution in [3.05, 3.63) is 0 Å². The first-order valence-electron chi connectivity index (χ1n) is 3.03. The van der Waals surface area contributed by atoms with E-state index in [0.717, 1.165) is 11.8 Å². The molecule has 1 atom stereocenters. The fraction of sp³-hybridized carbons (Fsp3) is 0.833. The average molecular weight is 163 g/mol. The fourth-order valence-electron chi connectivity index (χ4n) is 0.912. The highest BCUT2D eigenvalue weighted by molar-refractivity contribution is 7.99. The van der Waals surface area contributed by atoms with E-state index in [-0.39, 0.29) is 0 Å². The van der Waals surface area contributed by atoms with Crippen molar-refractivity contribution in [3.8, 4) is 6.07 Å². The fourth-order valence-corrected chi connectivity index (χ4v) is 2.19. The van der Waals surface area contributed by atoms with E-state index in [1.54, 1.807) is 0 Å². The smallest absolute Gasteiger partial charge is 0.192 e. The van der Waals surface area contributed by atoms with Gasteiger partial charge in [0.25, 0.3) is 0 Å². The molecule has 1 fully saturated rings. The van der Waals surface area contributed by atoms with Crippen LogP contribution in [0.5, 0.6) is 0 Å². The number of hydrogen-bond acceptors (Lipinski definition) is 2. The van der Waals surface area contributed by atoms with Gasteiger partial charge in [-0.15, -0.1) is 0 Å². The lowest BCUT2D eigenvalue weighted by Crippen LogP contribution is -2.25. The summed E-state index contributed by atoms with van der Waals surface area (Å²) in [6.07, 6.45) is 0.477. The van der Waals surface area contributed by atoms with Crippen LogP contribution >= 0.6 is 11.8 Å². The van der Waals surface area contributed by atoms with Crippen molar-refractivity contribution in [1.29, 1.82) is 5.26 Å². The van der Waals surface area contributed by atoms with Crippen LogP contribution < -0.4 is 0 Å². The molecule has 0 spiro atoms. The molecule has 1 rings (SSSR count). The Morgan fingerprint density at radius 2 is 2.30 bits per heavy atom. The molecule has 0 aliphatic carbocycles. The van der Waals surface area contributed by atoms with Gasteiger partial charge in [-0.25, -0.2) is 0 Å². The Balaban J connectivity index is 2.56. The zero-order valence-electron chi connectivity index (χ0n) is 5.31. The molecular formula is C6H7F2NS. The first-order chi connectivity index (χ1) is 4.67. The molecular weight excluding hydrogens is 156 g/mol. The van der Waals surface area contributed by atoms with Gasteiger partial charge in [-0.1, -0.05) is 0 Å². The predicted molar refractivity (Wildman–Crippen MR) is 36.0 cm³/mol. The summed E-state index contributed by atoms with van der Waals surface area (Å²) in [4.78, 5) is 0. The molecule has 0 saturated carbocycles. The van der Waals surface area contributed by atoms with E-state index >= 15 is 0 Å². The summed E-state index contributed by atoms with van der Waals surface area (Å²) < 4.78 is 25.0. The van der Waals surface area contributed by atoms with E-state index < -0.39 is 11.8 Å². The SMILES string of the molecule is N#CC(F)(F)C1CCSC1. The molecule has 0 aromatic rings. The number of rotatable bonds is 1. The molecule has 0 aromatic heterocycles. The van der Waals surface area contributed by atoms with E-state index in [9.17, 15) is 8.78 Å². The maximum absolute atomic E-state index is 12.5. The van der Waals surface area contributed by atoms with Gasteiger partial charge in [0.15, 0.2) is 0 Å². The van der Waals surface area contributed by atoms with Gasteiger partial charge in [-0.05, 0) is 12.2 Å². The van der Waals surface area contributed by atoms with Crippen molar-refractivity contribution in [1.82, 2.24) is 0 Å². The number of nitrogens with zero attached hydrogens (tertiary/aromatic N) is 1. The Morgan fingerprint density at radius 3 is 2.70 bits per heavy atom. The van der Waals surface area contributed by atoms with E-state index in [1.165, 1.54) is 11.8 Å². The molecule has 0 N–H and O–H groups in total. The first kappa shape index (κ1) is 7.80. The van der Waals surface area contributed by atoms with E-state index in [4.69, 9.17) is 5.26 Å². The second-order valence-corrected chi connectivity index (χ2v) is 3.45. The average Bonchev–Trinajstić information content (AvgIpc) is 2.38. The lowest BCUT2D eigenvalue weighted by atomic mass is 10.0. The van der Waals surface area contributed by atoms with Crippen LogP contribution in [-0.2, 0) is 0 Å². The molecule has 4 heteroatoms.